The topological polar surface area (TPSA) is 106 Å². The van der Waals surface area contributed by atoms with E-state index < -0.39 is 18.4 Å². The van der Waals surface area contributed by atoms with Gasteiger partial charge in [-0.3, -0.25) is 0 Å². The number of aromatic nitrogens is 2. The summed E-state index contributed by atoms with van der Waals surface area (Å²) in [6.07, 6.45) is -3.52. The molecule has 3 N–H and O–H groups in total. The van der Waals surface area contributed by atoms with E-state index in [9.17, 15) is 13.6 Å². The number of rotatable bonds is 6. The minimum absolute atomic E-state index is 0.0541. The Morgan fingerprint density at radius 2 is 1.83 bits per heavy atom. The molecule has 4 rings (SSSR count). The molecule has 0 saturated heterocycles. The Morgan fingerprint density at radius 3 is 2.60 bits per heavy atom. The number of ether oxygens (including phenoxy) is 2. The van der Waals surface area contributed by atoms with E-state index in [1.807, 2.05) is 30.3 Å². The van der Waals surface area contributed by atoms with Crippen LogP contribution >= 0.6 is 0 Å². The van der Waals surface area contributed by atoms with Gasteiger partial charge in [-0.25, -0.2) is 14.8 Å². The molecule has 3 aromatic rings. The predicted octanol–water partition coefficient (Wildman–Crippen LogP) is 3.89. The standard InChI is InChI=1S/C20H16F2N4O4/c21-20(22)29-16-7-6-13(8-17(16)30-20)14-9-18(25-11-24-14)23-10-15(26-19(27)28)12-4-2-1-3-5-12/h1-9,11,15,26H,10H2,(H,27,28)(H,23,24,25)/t15-/m0/s1. The van der Waals surface area contributed by atoms with Gasteiger partial charge in [0.05, 0.1) is 11.7 Å². The molecular weight excluding hydrogens is 398 g/mol. The monoisotopic (exact) mass is 414 g/mol. The maximum atomic E-state index is 13.2. The van der Waals surface area contributed by atoms with Crippen molar-refractivity contribution in [3.05, 3.63) is 66.5 Å². The van der Waals surface area contributed by atoms with Gasteiger partial charge in [-0.15, -0.1) is 8.78 Å². The van der Waals surface area contributed by atoms with E-state index in [2.05, 4.69) is 30.1 Å². The summed E-state index contributed by atoms with van der Waals surface area (Å²) in [7, 11) is 0. The van der Waals surface area contributed by atoms with Gasteiger partial charge >= 0.3 is 12.4 Å². The molecule has 1 atom stereocenters. The summed E-state index contributed by atoms with van der Waals surface area (Å²) in [6.45, 7) is 0.236. The van der Waals surface area contributed by atoms with Gasteiger partial charge in [0, 0.05) is 18.2 Å². The second-order valence-electron chi connectivity index (χ2n) is 6.41. The molecule has 10 heteroatoms. The van der Waals surface area contributed by atoms with Crippen LogP contribution in [0.5, 0.6) is 11.5 Å². The quantitative estimate of drug-likeness (QED) is 0.562. The number of fused-ring (bicyclic) bond motifs is 1. The largest absolute Gasteiger partial charge is 0.586 e. The summed E-state index contributed by atoms with van der Waals surface area (Å²) in [5.74, 6) is 0.304. The summed E-state index contributed by atoms with van der Waals surface area (Å²) >= 11 is 0. The van der Waals surface area contributed by atoms with E-state index in [0.29, 0.717) is 17.1 Å². The van der Waals surface area contributed by atoms with Crippen LogP contribution < -0.4 is 20.1 Å². The lowest BCUT2D eigenvalue weighted by Crippen LogP contribution is -2.31. The number of hydrogen-bond acceptors (Lipinski definition) is 6. The van der Waals surface area contributed by atoms with E-state index in [4.69, 9.17) is 5.11 Å². The van der Waals surface area contributed by atoms with Gasteiger partial charge < -0.3 is 25.2 Å². The highest BCUT2D eigenvalue weighted by molar-refractivity contribution is 5.67. The van der Waals surface area contributed by atoms with Crippen molar-refractivity contribution in [3.8, 4) is 22.8 Å². The molecule has 0 radical (unpaired) electrons. The summed E-state index contributed by atoms with van der Waals surface area (Å²) in [5, 5.41) is 14.6. The summed E-state index contributed by atoms with van der Waals surface area (Å²) in [4.78, 5) is 19.4. The Bertz CT molecular complexity index is 1070. The number of anilines is 1. The molecule has 2 heterocycles. The number of benzene rings is 2. The highest BCUT2D eigenvalue weighted by Crippen LogP contribution is 2.42. The van der Waals surface area contributed by atoms with Crippen molar-refractivity contribution < 1.29 is 28.2 Å². The fraction of sp³-hybridized carbons (Fsp3) is 0.150. The summed E-state index contributed by atoms with van der Waals surface area (Å²) in [5.41, 5.74) is 1.79. The van der Waals surface area contributed by atoms with Gasteiger partial charge in [-0.1, -0.05) is 30.3 Å². The Labute approximate surface area is 169 Å². The van der Waals surface area contributed by atoms with Crippen molar-refractivity contribution in [2.45, 2.75) is 12.3 Å². The molecule has 1 amide bonds. The Balaban J connectivity index is 1.51. The summed E-state index contributed by atoms with van der Waals surface area (Å²) in [6, 6.07) is 14.6. The molecule has 2 aromatic carbocycles. The van der Waals surface area contributed by atoms with E-state index in [-0.39, 0.29) is 18.0 Å². The minimum atomic E-state index is -3.69. The third-order valence-corrected chi connectivity index (χ3v) is 4.35. The van der Waals surface area contributed by atoms with Crippen LogP contribution in [0.4, 0.5) is 19.4 Å². The van der Waals surface area contributed by atoms with E-state index in [1.165, 1.54) is 18.5 Å². The number of carbonyl (C=O) groups is 1. The van der Waals surface area contributed by atoms with Crippen LogP contribution in [0, 0.1) is 0 Å². The van der Waals surface area contributed by atoms with Crippen LogP contribution in [0.25, 0.3) is 11.3 Å². The fourth-order valence-corrected chi connectivity index (χ4v) is 3.01. The molecule has 1 aromatic heterocycles. The summed E-state index contributed by atoms with van der Waals surface area (Å²) < 4.78 is 35.3. The third kappa shape index (κ3) is 4.37. The van der Waals surface area contributed by atoms with Crippen molar-refractivity contribution >= 4 is 11.9 Å². The molecule has 30 heavy (non-hydrogen) atoms. The van der Waals surface area contributed by atoms with Crippen LogP contribution in [0.2, 0.25) is 0 Å². The van der Waals surface area contributed by atoms with Gasteiger partial charge in [0.2, 0.25) is 0 Å². The van der Waals surface area contributed by atoms with Crippen molar-refractivity contribution in [1.82, 2.24) is 15.3 Å². The van der Waals surface area contributed by atoms with Crippen LogP contribution in [-0.4, -0.2) is 34.0 Å². The number of hydrogen-bond donors (Lipinski definition) is 3. The van der Waals surface area contributed by atoms with Crippen LogP contribution in [0.3, 0.4) is 0 Å². The number of halogens is 2. The molecule has 0 aliphatic carbocycles. The van der Waals surface area contributed by atoms with Gasteiger partial charge in [0.1, 0.15) is 12.1 Å². The predicted molar refractivity (Wildman–Crippen MR) is 103 cm³/mol. The fourth-order valence-electron chi connectivity index (χ4n) is 3.01. The minimum Gasteiger partial charge on any atom is -0.465 e. The lowest BCUT2D eigenvalue weighted by atomic mass is 10.1. The first-order valence-corrected chi connectivity index (χ1v) is 8.90. The van der Waals surface area contributed by atoms with Crippen molar-refractivity contribution in [1.29, 1.82) is 0 Å². The van der Waals surface area contributed by atoms with Crippen molar-refractivity contribution in [3.63, 3.8) is 0 Å². The second-order valence-corrected chi connectivity index (χ2v) is 6.41. The second kappa shape index (κ2) is 7.82. The lowest BCUT2D eigenvalue weighted by Gasteiger charge is -2.18. The molecule has 0 saturated carbocycles. The van der Waals surface area contributed by atoms with E-state index >= 15 is 0 Å². The zero-order valence-corrected chi connectivity index (χ0v) is 15.4. The zero-order valence-electron chi connectivity index (χ0n) is 15.4. The first kappa shape index (κ1) is 19.4. The average molecular weight is 414 g/mol. The van der Waals surface area contributed by atoms with Gasteiger partial charge in [-0.05, 0) is 23.8 Å². The van der Waals surface area contributed by atoms with Crippen LogP contribution in [-0.2, 0) is 0 Å². The Kier molecular flexibility index (Phi) is 5.05. The van der Waals surface area contributed by atoms with Crippen LogP contribution in [0.1, 0.15) is 11.6 Å². The van der Waals surface area contributed by atoms with Gasteiger partial charge in [0.15, 0.2) is 11.5 Å². The van der Waals surface area contributed by atoms with Gasteiger partial charge in [0.25, 0.3) is 0 Å². The maximum Gasteiger partial charge on any atom is 0.586 e. The van der Waals surface area contributed by atoms with Crippen molar-refractivity contribution in [2.24, 2.45) is 0 Å². The number of amides is 1. The molecule has 1 aliphatic heterocycles. The highest BCUT2D eigenvalue weighted by Gasteiger charge is 2.43. The Hall–Kier alpha value is -3.95. The first-order chi connectivity index (χ1) is 14.4. The molecule has 0 fully saturated rings. The highest BCUT2D eigenvalue weighted by atomic mass is 19.3. The first-order valence-electron chi connectivity index (χ1n) is 8.90. The molecule has 0 bridgehead atoms. The molecule has 154 valence electrons. The van der Waals surface area contributed by atoms with Crippen LogP contribution in [0.15, 0.2) is 60.9 Å². The molecule has 0 unspecified atom stereocenters. The van der Waals surface area contributed by atoms with Gasteiger partial charge in [-0.2, -0.15) is 0 Å². The van der Waals surface area contributed by atoms with E-state index in [1.54, 1.807) is 12.1 Å². The third-order valence-electron chi connectivity index (χ3n) is 4.35. The molecular formula is C20H16F2N4O4. The normalized spacial score (nSPS) is 14.7. The molecule has 0 spiro atoms. The SMILES string of the molecule is O=C(O)N[C@@H](CNc1cc(-c2ccc3c(c2)OC(F)(F)O3)ncn1)c1ccccc1. The maximum absolute atomic E-state index is 13.2. The zero-order chi connectivity index (χ0) is 21.1. The van der Waals surface area contributed by atoms with E-state index in [0.717, 1.165) is 5.56 Å². The average Bonchev–Trinajstić information content (AvgIpc) is 3.04. The number of nitrogens with one attached hydrogen (secondary N) is 2. The number of carboxylic acid groups (broad SMARTS) is 1. The Morgan fingerprint density at radius 1 is 1.07 bits per heavy atom. The smallest absolute Gasteiger partial charge is 0.465 e. The number of alkyl halides is 2. The molecule has 1 aliphatic rings. The lowest BCUT2D eigenvalue weighted by molar-refractivity contribution is -0.286. The molecule has 8 nitrogen and oxygen atoms in total. The number of nitrogens with zero attached hydrogens (tertiary/aromatic N) is 2. The van der Waals surface area contributed by atoms with Crippen molar-refractivity contribution in [2.75, 3.05) is 11.9 Å².